The molecule has 0 aliphatic carbocycles. The van der Waals surface area contributed by atoms with Gasteiger partial charge >= 0.3 is 0 Å². The SMILES string of the molecule is CC(c1ccc(Cl)cc1)N(C)C(=O)C1CCCO1. The molecular formula is C14H18ClNO2. The van der Waals surface area contributed by atoms with Crippen molar-refractivity contribution in [1.82, 2.24) is 4.90 Å². The number of halogens is 1. The van der Waals surface area contributed by atoms with Crippen molar-refractivity contribution >= 4 is 17.5 Å². The fourth-order valence-electron chi connectivity index (χ4n) is 2.16. The van der Waals surface area contributed by atoms with Gasteiger partial charge in [-0.15, -0.1) is 0 Å². The minimum absolute atomic E-state index is 0.0268. The first-order valence-electron chi connectivity index (χ1n) is 6.23. The Hall–Kier alpha value is -1.06. The van der Waals surface area contributed by atoms with Gasteiger partial charge in [0.15, 0.2) is 0 Å². The Kier molecular flexibility index (Phi) is 4.25. The van der Waals surface area contributed by atoms with Crippen molar-refractivity contribution in [3.63, 3.8) is 0 Å². The molecule has 1 aliphatic rings. The summed E-state index contributed by atoms with van der Waals surface area (Å²) in [6, 6.07) is 7.62. The van der Waals surface area contributed by atoms with Crippen molar-refractivity contribution in [2.45, 2.75) is 31.9 Å². The lowest BCUT2D eigenvalue weighted by Crippen LogP contribution is -2.37. The molecule has 0 saturated carbocycles. The van der Waals surface area contributed by atoms with Gasteiger partial charge in [-0.3, -0.25) is 4.79 Å². The third kappa shape index (κ3) is 2.85. The molecule has 1 amide bonds. The molecule has 0 spiro atoms. The average molecular weight is 268 g/mol. The predicted molar refractivity (Wildman–Crippen MR) is 71.6 cm³/mol. The number of carbonyl (C=O) groups is 1. The van der Waals surface area contributed by atoms with E-state index in [-0.39, 0.29) is 18.1 Å². The van der Waals surface area contributed by atoms with Crippen LogP contribution in [0.1, 0.15) is 31.4 Å². The lowest BCUT2D eigenvalue weighted by atomic mass is 10.1. The topological polar surface area (TPSA) is 29.5 Å². The lowest BCUT2D eigenvalue weighted by molar-refractivity contribution is -0.141. The number of nitrogens with zero attached hydrogens (tertiary/aromatic N) is 1. The van der Waals surface area contributed by atoms with Crippen LogP contribution in [0.25, 0.3) is 0 Å². The molecule has 1 saturated heterocycles. The number of benzene rings is 1. The van der Waals surface area contributed by atoms with E-state index in [0.717, 1.165) is 18.4 Å². The normalized spacial score (nSPS) is 20.7. The van der Waals surface area contributed by atoms with Crippen LogP contribution in [0.5, 0.6) is 0 Å². The van der Waals surface area contributed by atoms with Gasteiger partial charge in [-0.1, -0.05) is 23.7 Å². The van der Waals surface area contributed by atoms with E-state index in [9.17, 15) is 4.79 Å². The second-order valence-corrected chi connectivity index (χ2v) is 5.11. The van der Waals surface area contributed by atoms with Crippen LogP contribution in [0, 0.1) is 0 Å². The van der Waals surface area contributed by atoms with Gasteiger partial charge in [0, 0.05) is 18.7 Å². The van der Waals surface area contributed by atoms with Gasteiger partial charge in [-0.25, -0.2) is 0 Å². The molecule has 1 aliphatic heterocycles. The van der Waals surface area contributed by atoms with Crippen LogP contribution in [0.2, 0.25) is 5.02 Å². The molecule has 1 aromatic carbocycles. The highest BCUT2D eigenvalue weighted by molar-refractivity contribution is 6.30. The van der Waals surface area contributed by atoms with Gasteiger partial charge < -0.3 is 9.64 Å². The summed E-state index contributed by atoms with van der Waals surface area (Å²) in [6.45, 7) is 2.70. The van der Waals surface area contributed by atoms with Gasteiger partial charge in [0.25, 0.3) is 5.91 Å². The molecule has 0 N–H and O–H groups in total. The van der Waals surface area contributed by atoms with E-state index >= 15 is 0 Å². The van der Waals surface area contributed by atoms with Crippen LogP contribution in [0.3, 0.4) is 0 Å². The molecule has 0 radical (unpaired) electrons. The van der Waals surface area contributed by atoms with Gasteiger partial charge in [0.2, 0.25) is 0 Å². The molecule has 2 unspecified atom stereocenters. The number of hydrogen-bond acceptors (Lipinski definition) is 2. The molecule has 1 heterocycles. The largest absolute Gasteiger partial charge is 0.368 e. The molecule has 98 valence electrons. The van der Waals surface area contributed by atoms with Crippen molar-refractivity contribution in [2.24, 2.45) is 0 Å². The van der Waals surface area contributed by atoms with Crippen molar-refractivity contribution < 1.29 is 9.53 Å². The van der Waals surface area contributed by atoms with E-state index in [2.05, 4.69) is 0 Å². The zero-order chi connectivity index (χ0) is 13.1. The van der Waals surface area contributed by atoms with Gasteiger partial charge in [-0.05, 0) is 37.5 Å². The number of amides is 1. The van der Waals surface area contributed by atoms with Crippen molar-refractivity contribution in [2.75, 3.05) is 13.7 Å². The van der Waals surface area contributed by atoms with Crippen LogP contribution in [0.4, 0.5) is 0 Å². The van der Waals surface area contributed by atoms with E-state index in [1.807, 2.05) is 38.2 Å². The summed E-state index contributed by atoms with van der Waals surface area (Å²) in [6.07, 6.45) is 1.54. The molecule has 18 heavy (non-hydrogen) atoms. The van der Waals surface area contributed by atoms with Crippen LogP contribution < -0.4 is 0 Å². The van der Waals surface area contributed by atoms with Gasteiger partial charge in [0.1, 0.15) is 6.10 Å². The molecule has 0 aromatic heterocycles. The number of ether oxygens (including phenoxy) is 1. The standard InChI is InChI=1S/C14H18ClNO2/c1-10(11-5-7-12(15)8-6-11)16(2)14(17)13-4-3-9-18-13/h5-8,10,13H,3-4,9H2,1-2H3. The Morgan fingerprint density at radius 2 is 2.11 bits per heavy atom. The Labute approximate surface area is 113 Å². The lowest BCUT2D eigenvalue weighted by Gasteiger charge is -2.27. The second-order valence-electron chi connectivity index (χ2n) is 4.68. The fourth-order valence-corrected chi connectivity index (χ4v) is 2.28. The van der Waals surface area contributed by atoms with Crippen LogP contribution >= 0.6 is 11.6 Å². The first-order valence-corrected chi connectivity index (χ1v) is 6.61. The Morgan fingerprint density at radius 1 is 1.44 bits per heavy atom. The Morgan fingerprint density at radius 3 is 2.67 bits per heavy atom. The third-order valence-corrected chi connectivity index (χ3v) is 3.74. The van der Waals surface area contributed by atoms with Crippen molar-refractivity contribution in [1.29, 1.82) is 0 Å². The Bertz CT molecular complexity index is 412. The first kappa shape index (κ1) is 13.4. The van der Waals surface area contributed by atoms with Crippen LogP contribution in [0.15, 0.2) is 24.3 Å². The van der Waals surface area contributed by atoms with Crippen LogP contribution in [-0.4, -0.2) is 30.6 Å². The summed E-state index contributed by atoms with van der Waals surface area (Å²) in [5, 5.41) is 0.707. The maximum atomic E-state index is 12.2. The number of likely N-dealkylation sites (N-methyl/N-ethyl adjacent to an activating group) is 1. The molecule has 3 nitrogen and oxygen atoms in total. The summed E-state index contributed by atoms with van der Waals surface area (Å²) in [7, 11) is 1.82. The highest BCUT2D eigenvalue weighted by atomic mass is 35.5. The van der Waals surface area contributed by atoms with Crippen molar-refractivity contribution in [3.8, 4) is 0 Å². The maximum absolute atomic E-state index is 12.2. The summed E-state index contributed by atoms with van der Waals surface area (Å²) in [4.78, 5) is 14.0. The van der Waals surface area contributed by atoms with Gasteiger partial charge in [0.05, 0.1) is 6.04 Å². The fraction of sp³-hybridized carbons (Fsp3) is 0.500. The molecule has 1 aromatic rings. The Balaban J connectivity index is 2.05. The molecule has 2 rings (SSSR count). The molecule has 4 heteroatoms. The zero-order valence-electron chi connectivity index (χ0n) is 10.7. The third-order valence-electron chi connectivity index (χ3n) is 3.49. The van der Waals surface area contributed by atoms with Crippen molar-refractivity contribution in [3.05, 3.63) is 34.9 Å². The minimum atomic E-state index is -0.259. The van der Waals surface area contributed by atoms with E-state index < -0.39 is 0 Å². The molecular weight excluding hydrogens is 250 g/mol. The van der Waals surface area contributed by atoms with Gasteiger partial charge in [-0.2, -0.15) is 0 Å². The monoisotopic (exact) mass is 267 g/mol. The smallest absolute Gasteiger partial charge is 0.251 e. The summed E-state index contributed by atoms with van der Waals surface area (Å²) in [5.41, 5.74) is 1.08. The summed E-state index contributed by atoms with van der Waals surface area (Å²) < 4.78 is 5.43. The predicted octanol–water partition coefficient (Wildman–Crippen LogP) is 3.04. The molecule has 1 fully saturated rings. The highest BCUT2D eigenvalue weighted by Gasteiger charge is 2.28. The maximum Gasteiger partial charge on any atom is 0.251 e. The average Bonchev–Trinajstić information content (AvgIpc) is 2.91. The second kappa shape index (κ2) is 5.72. The summed E-state index contributed by atoms with van der Waals surface area (Å²) >= 11 is 5.86. The number of hydrogen-bond donors (Lipinski definition) is 0. The van der Waals surface area contributed by atoms with E-state index in [0.29, 0.717) is 11.6 Å². The van der Waals surface area contributed by atoms with E-state index in [1.54, 1.807) is 4.90 Å². The first-order chi connectivity index (χ1) is 8.59. The summed E-state index contributed by atoms with van der Waals surface area (Å²) in [5.74, 6) is 0.0648. The minimum Gasteiger partial charge on any atom is -0.368 e. The zero-order valence-corrected chi connectivity index (χ0v) is 11.5. The molecule has 0 bridgehead atoms. The van der Waals surface area contributed by atoms with E-state index in [1.165, 1.54) is 0 Å². The van der Waals surface area contributed by atoms with Crippen LogP contribution in [-0.2, 0) is 9.53 Å². The highest BCUT2D eigenvalue weighted by Crippen LogP contribution is 2.23. The number of carbonyl (C=O) groups excluding carboxylic acids is 1. The quantitative estimate of drug-likeness (QED) is 0.842. The van der Waals surface area contributed by atoms with E-state index in [4.69, 9.17) is 16.3 Å². The number of rotatable bonds is 3. The molecule has 2 atom stereocenters.